The van der Waals surface area contributed by atoms with E-state index in [4.69, 9.17) is 20.3 Å². The van der Waals surface area contributed by atoms with Crippen molar-refractivity contribution >= 4 is 28.5 Å². The van der Waals surface area contributed by atoms with Crippen molar-refractivity contribution in [2.24, 2.45) is 0 Å². The van der Waals surface area contributed by atoms with E-state index in [9.17, 15) is 4.39 Å². The molecule has 2 heterocycles. The lowest BCUT2D eigenvalue weighted by Crippen LogP contribution is -2.18. The highest BCUT2D eigenvalue weighted by Crippen LogP contribution is 2.33. The van der Waals surface area contributed by atoms with E-state index in [0.29, 0.717) is 33.7 Å². The first-order valence-corrected chi connectivity index (χ1v) is 7.97. The van der Waals surface area contributed by atoms with Crippen LogP contribution in [0.3, 0.4) is 0 Å². The van der Waals surface area contributed by atoms with Gasteiger partial charge < -0.3 is 14.8 Å². The SMILES string of the molecule is COc1cc(-c2ccc(F)cn2)cc2c(NCC(=N)OC(C)=N)ncnc12. The molecule has 0 fully saturated rings. The largest absolute Gasteiger partial charge is 0.494 e. The lowest BCUT2D eigenvalue weighted by atomic mass is 10.1. The second kappa shape index (κ2) is 7.73. The lowest BCUT2D eigenvalue weighted by Gasteiger charge is -2.12. The minimum Gasteiger partial charge on any atom is -0.494 e. The van der Waals surface area contributed by atoms with E-state index < -0.39 is 5.82 Å². The number of aromatic nitrogens is 3. The average Bonchev–Trinajstić information content (AvgIpc) is 2.65. The fraction of sp³-hybridized carbons (Fsp3) is 0.167. The Morgan fingerprint density at radius 2 is 2.00 bits per heavy atom. The minimum atomic E-state index is -0.419. The van der Waals surface area contributed by atoms with Crippen molar-refractivity contribution in [3.8, 4) is 17.0 Å². The Morgan fingerprint density at radius 1 is 1.19 bits per heavy atom. The first-order valence-electron chi connectivity index (χ1n) is 7.97. The topological polar surface area (TPSA) is 117 Å². The van der Waals surface area contributed by atoms with Gasteiger partial charge in [-0.3, -0.25) is 15.8 Å². The number of hydrogen-bond acceptors (Lipinski definition) is 8. The molecule has 8 nitrogen and oxygen atoms in total. The molecular weight excluding hydrogens is 351 g/mol. The Balaban J connectivity index is 2.02. The molecule has 0 saturated carbocycles. The molecule has 0 aliphatic heterocycles. The van der Waals surface area contributed by atoms with Crippen molar-refractivity contribution in [3.63, 3.8) is 0 Å². The average molecular weight is 368 g/mol. The third-order valence-corrected chi connectivity index (χ3v) is 3.64. The predicted molar refractivity (Wildman–Crippen MR) is 100.0 cm³/mol. The summed E-state index contributed by atoms with van der Waals surface area (Å²) in [7, 11) is 1.53. The van der Waals surface area contributed by atoms with Crippen LogP contribution in [0.2, 0.25) is 0 Å². The number of rotatable bonds is 5. The molecule has 27 heavy (non-hydrogen) atoms. The van der Waals surface area contributed by atoms with Gasteiger partial charge in [0.2, 0.25) is 5.90 Å². The third kappa shape index (κ3) is 4.14. The number of hydrogen-bond donors (Lipinski definition) is 3. The van der Waals surface area contributed by atoms with E-state index in [-0.39, 0.29) is 18.3 Å². The Labute approximate surface area is 154 Å². The van der Waals surface area contributed by atoms with Crippen LogP contribution in [0.1, 0.15) is 6.92 Å². The van der Waals surface area contributed by atoms with Crippen molar-refractivity contribution in [2.75, 3.05) is 19.0 Å². The molecule has 9 heteroatoms. The number of nitrogens with one attached hydrogen (secondary N) is 3. The zero-order chi connectivity index (χ0) is 19.4. The molecule has 0 spiro atoms. The molecule has 0 saturated heterocycles. The van der Waals surface area contributed by atoms with Crippen LogP contribution in [-0.4, -0.2) is 40.4 Å². The van der Waals surface area contributed by atoms with Gasteiger partial charge >= 0.3 is 0 Å². The van der Waals surface area contributed by atoms with Gasteiger partial charge in [-0.25, -0.2) is 14.4 Å². The molecule has 0 amide bonds. The van der Waals surface area contributed by atoms with Crippen molar-refractivity contribution in [1.29, 1.82) is 10.8 Å². The van der Waals surface area contributed by atoms with Crippen molar-refractivity contribution < 1.29 is 13.9 Å². The van der Waals surface area contributed by atoms with E-state index in [2.05, 4.69) is 20.3 Å². The highest BCUT2D eigenvalue weighted by atomic mass is 19.1. The van der Waals surface area contributed by atoms with E-state index in [0.717, 1.165) is 6.20 Å². The second-order valence-corrected chi connectivity index (χ2v) is 5.59. The van der Waals surface area contributed by atoms with E-state index >= 15 is 0 Å². The molecular formula is C18H17FN6O2. The highest BCUT2D eigenvalue weighted by molar-refractivity contribution is 5.97. The molecule has 0 radical (unpaired) electrons. The van der Waals surface area contributed by atoms with Gasteiger partial charge in [-0.15, -0.1) is 0 Å². The smallest absolute Gasteiger partial charge is 0.208 e. The molecule has 3 aromatic rings. The van der Waals surface area contributed by atoms with Gasteiger partial charge in [0.05, 0.1) is 25.5 Å². The summed E-state index contributed by atoms with van der Waals surface area (Å²) < 4.78 is 23.5. The van der Waals surface area contributed by atoms with E-state index in [1.54, 1.807) is 12.1 Å². The second-order valence-electron chi connectivity index (χ2n) is 5.59. The van der Waals surface area contributed by atoms with Crippen LogP contribution >= 0.6 is 0 Å². The summed E-state index contributed by atoms with van der Waals surface area (Å²) in [6, 6.07) is 6.48. The number of methoxy groups -OCH3 is 1. The number of halogens is 1. The van der Waals surface area contributed by atoms with Crippen LogP contribution in [-0.2, 0) is 4.74 Å². The van der Waals surface area contributed by atoms with Crippen LogP contribution in [0, 0.1) is 16.6 Å². The first kappa shape index (κ1) is 18.2. The number of ether oxygens (including phenoxy) is 2. The Kier molecular flexibility index (Phi) is 5.20. The monoisotopic (exact) mass is 368 g/mol. The van der Waals surface area contributed by atoms with Gasteiger partial charge in [-0.1, -0.05) is 0 Å². The molecule has 0 aliphatic rings. The maximum absolute atomic E-state index is 13.2. The standard InChI is InChI=1S/C18H17FN6O2/c1-10(20)27-16(21)8-23-18-13-5-11(14-4-3-12(19)7-22-14)6-15(26-2)17(13)24-9-25-18/h3-7,9,20-21H,8H2,1-2H3,(H,23,24,25). The van der Waals surface area contributed by atoms with Crippen molar-refractivity contribution in [1.82, 2.24) is 15.0 Å². The zero-order valence-corrected chi connectivity index (χ0v) is 14.7. The van der Waals surface area contributed by atoms with E-state index in [1.165, 1.54) is 26.4 Å². The van der Waals surface area contributed by atoms with Crippen LogP contribution in [0.4, 0.5) is 10.2 Å². The van der Waals surface area contributed by atoms with Crippen molar-refractivity contribution in [2.45, 2.75) is 6.92 Å². The summed E-state index contributed by atoms with van der Waals surface area (Å²) in [5.74, 6) is 0.384. The molecule has 0 atom stereocenters. The fourth-order valence-corrected chi connectivity index (χ4v) is 2.51. The predicted octanol–water partition coefficient (Wildman–Crippen LogP) is 3.24. The first-order chi connectivity index (χ1) is 13.0. The molecule has 1 aromatic carbocycles. The summed E-state index contributed by atoms with van der Waals surface area (Å²) in [6.45, 7) is 1.49. The Bertz CT molecular complexity index is 1010. The third-order valence-electron chi connectivity index (χ3n) is 3.64. The lowest BCUT2D eigenvalue weighted by molar-refractivity contribution is 0.419. The maximum atomic E-state index is 13.2. The van der Waals surface area contributed by atoms with Gasteiger partial charge in [-0.2, -0.15) is 0 Å². The Morgan fingerprint density at radius 3 is 2.67 bits per heavy atom. The molecule has 2 aromatic heterocycles. The van der Waals surface area contributed by atoms with Gasteiger partial charge in [0.25, 0.3) is 0 Å². The van der Waals surface area contributed by atoms with Crippen LogP contribution in [0.5, 0.6) is 5.75 Å². The normalized spacial score (nSPS) is 10.5. The van der Waals surface area contributed by atoms with Gasteiger partial charge in [0, 0.05) is 17.9 Å². The minimum absolute atomic E-state index is 0.0453. The quantitative estimate of drug-likeness (QED) is 0.470. The summed E-state index contributed by atoms with van der Waals surface area (Å²) >= 11 is 0. The van der Waals surface area contributed by atoms with Gasteiger partial charge in [-0.05, 0) is 24.3 Å². The van der Waals surface area contributed by atoms with Crippen molar-refractivity contribution in [3.05, 3.63) is 42.6 Å². The number of pyridine rings is 1. The molecule has 0 aliphatic carbocycles. The summed E-state index contributed by atoms with van der Waals surface area (Å²) in [5.41, 5.74) is 1.86. The van der Waals surface area contributed by atoms with Crippen LogP contribution in [0.15, 0.2) is 36.8 Å². The number of anilines is 1. The number of fused-ring (bicyclic) bond motifs is 1. The summed E-state index contributed by atoms with van der Waals surface area (Å²) in [5, 5.41) is 18.6. The van der Waals surface area contributed by atoms with Crippen LogP contribution in [0.25, 0.3) is 22.2 Å². The summed E-state index contributed by atoms with van der Waals surface area (Å²) in [4.78, 5) is 12.6. The number of nitrogens with zero attached hydrogens (tertiary/aromatic N) is 3. The number of benzene rings is 1. The Hall–Kier alpha value is -3.62. The zero-order valence-electron chi connectivity index (χ0n) is 14.7. The van der Waals surface area contributed by atoms with E-state index in [1.807, 2.05) is 6.07 Å². The van der Waals surface area contributed by atoms with Gasteiger partial charge in [0.1, 0.15) is 29.2 Å². The van der Waals surface area contributed by atoms with Crippen LogP contribution < -0.4 is 10.1 Å². The molecule has 3 rings (SSSR count). The highest BCUT2D eigenvalue weighted by Gasteiger charge is 2.13. The maximum Gasteiger partial charge on any atom is 0.208 e. The molecule has 0 unspecified atom stereocenters. The molecule has 3 N–H and O–H groups in total. The molecule has 138 valence electrons. The summed E-state index contributed by atoms with van der Waals surface area (Å²) in [6.07, 6.45) is 2.53. The van der Waals surface area contributed by atoms with Gasteiger partial charge in [0.15, 0.2) is 5.90 Å². The molecule has 0 bridgehead atoms. The fourth-order valence-electron chi connectivity index (χ4n) is 2.51.